The standard InChI is InChI=1S/C17H18N2O3/c1-12-7-9-13(10-8-12)16-18-15(19-22-16)11-21-17(20)14-5-3-2-4-6-14/h2-3,7-10,14H,4-6,11H2,1H3/t14-/m1/s1. The van der Waals surface area contributed by atoms with E-state index in [9.17, 15) is 4.79 Å². The Morgan fingerprint density at radius 3 is 2.86 bits per heavy atom. The lowest BCUT2D eigenvalue weighted by molar-refractivity contribution is -0.150. The van der Waals surface area contributed by atoms with Crippen LogP contribution in [0, 0.1) is 12.8 Å². The quantitative estimate of drug-likeness (QED) is 0.639. The number of benzene rings is 1. The number of hydrogen-bond donors (Lipinski definition) is 0. The monoisotopic (exact) mass is 298 g/mol. The van der Waals surface area contributed by atoms with Gasteiger partial charge in [-0.1, -0.05) is 35.0 Å². The normalized spacial score (nSPS) is 17.4. The maximum absolute atomic E-state index is 11.9. The van der Waals surface area contributed by atoms with E-state index in [2.05, 4.69) is 16.2 Å². The minimum atomic E-state index is -0.189. The summed E-state index contributed by atoms with van der Waals surface area (Å²) in [5.41, 5.74) is 2.02. The highest BCUT2D eigenvalue weighted by molar-refractivity contribution is 5.72. The van der Waals surface area contributed by atoms with Gasteiger partial charge in [-0.05, 0) is 38.3 Å². The van der Waals surface area contributed by atoms with Crippen LogP contribution in [0.15, 0.2) is 40.9 Å². The molecule has 3 rings (SSSR count). The van der Waals surface area contributed by atoms with Crippen LogP contribution in [0.4, 0.5) is 0 Å². The van der Waals surface area contributed by atoms with Crippen LogP contribution in [0.3, 0.4) is 0 Å². The maximum Gasteiger partial charge on any atom is 0.309 e. The van der Waals surface area contributed by atoms with E-state index >= 15 is 0 Å². The zero-order chi connectivity index (χ0) is 15.4. The first-order chi connectivity index (χ1) is 10.7. The summed E-state index contributed by atoms with van der Waals surface area (Å²) in [4.78, 5) is 16.2. The number of aromatic nitrogens is 2. The third kappa shape index (κ3) is 3.42. The molecule has 0 spiro atoms. The molecule has 1 aromatic carbocycles. The minimum Gasteiger partial charge on any atom is -0.457 e. The highest BCUT2D eigenvalue weighted by atomic mass is 16.5. The predicted molar refractivity (Wildman–Crippen MR) is 80.7 cm³/mol. The van der Waals surface area contributed by atoms with Crippen molar-refractivity contribution in [3.05, 3.63) is 47.8 Å². The predicted octanol–water partition coefficient (Wildman–Crippen LogP) is 3.44. The molecule has 0 saturated heterocycles. The van der Waals surface area contributed by atoms with Crippen LogP contribution < -0.4 is 0 Å². The topological polar surface area (TPSA) is 65.2 Å². The molecular weight excluding hydrogens is 280 g/mol. The van der Waals surface area contributed by atoms with Gasteiger partial charge in [0.1, 0.15) is 0 Å². The van der Waals surface area contributed by atoms with Crippen molar-refractivity contribution in [3.8, 4) is 11.5 Å². The highest BCUT2D eigenvalue weighted by Crippen LogP contribution is 2.21. The summed E-state index contributed by atoms with van der Waals surface area (Å²) < 4.78 is 10.5. The van der Waals surface area contributed by atoms with Crippen molar-refractivity contribution in [2.24, 2.45) is 5.92 Å². The zero-order valence-electron chi connectivity index (χ0n) is 12.5. The van der Waals surface area contributed by atoms with E-state index in [1.54, 1.807) is 0 Å². The summed E-state index contributed by atoms with van der Waals surface area (Å²) in [5.74, 6) is 0.585. The Hall–Kier alpha value is -2.43. The van der Waals surface area contributed by atoms with Crippen LogP contribution in [0.5, 0.6) is 0 Å². The molecule has 5 nitrogen and oxygen atoms in total. The number of nitrogens with zero attached hydrogens (tertiary/aromatic N) is 2. The summed E-state index contributed by atoms with van der Waals surface area (Å²) in [6, 6.07) is 7.81. The van der Waals surface area contributed by atoms with E-state index < -0.39 is 0 Å². The summed E-state index contributed by atoms with van der Waals surface area (Å²) in [7, 11) is 0. The van der Waals surface area contributed by atoms with Crippen molar-refractivity contribution in [2.45, 2.75) is 32.8 Å². The molecule has 1 heterocycles. The van der Waals surface area contributed by atoms with Gasteiger partial charge in [-0.25, -0.2) is 0 Å². The molecule has 1 aromatic heterocycles. The van der Waals surface area contributed by atoms with E-state index in [0.29, 0.717) is 11.7 Å². The fourth-order valence-electron chi connectivity index (χ4n) is 2.39. The van der Waals surface area contributed by atoms with E-state index in [1.165, 1.54) is 5.56 Å². The number of hydrogen-bond acceptors (Lipinski definition) is 5. The Morgan fingerprint density at radius 2 is 2.14 bits per heavy atom. The lowest BCUT2D eigenvalue weighted by Crippen LogP contribution is -2.18. The Morgan fingerprint density at radius 1 is 1.32 bits per heavy atom. The molecule has 1 aliphatic carbocycles. The zero-order valence-corrected chi connectivity index (χ0v) is 12.5. The number of rotatable bonds is 4. The number of aryl methyl sites for hydroxylation is 1. The molecule has 0 unspecified atom stereocenters. The van der Waals surface area contributed by atoms with Gasteiger partial charge < -0.3 is 9.26 Å². The molecule has 5 heteroatoms. The average Bonchev–Trinajstić information content (AvgIpc) is 3.03. The number of carbonyl (C=O) groups is 1. The second kappa shape index (κ2) is 6.56. The third-order valence-corrected chi connectivity index (χ3v) is 3.71. The van der Waals surface area contributed by atoms with Gasteiger partial charge >= 0.3 is 5.97 Å². The Bertz CT molecular complexity index is 673. The van der Waals surface area contributed by atoms with E-state index in [1.807, 2.05) is 37.3 Å². The van der Waals surface area contributed by atoms with Gasteiger partial charge in [0, 0.05) is 5.56 Å². The molecule has 0 N–H and O–H groups in total. The van der Waals surface area contributed by atoms with Gasteiger partial charge in [0.2, 0.25) is 5.82 Å². The number of ether oxygens (including phenoxy) is 1. The molecule has 0 saturated carbocycles. The summed E-state index contributed by atoms with van der Waals surface area (Å²) in [6.45, 7) is 2.07. The molecular formula is C17H18N2O3. The lowest BCUT2D eigenvalue weighted by Gasteiger charge is -2.15. The van der Waals surface area contributed by atoms with Crippen LogP contribution in [-0.4, -0.2) is 16.1 Å². The van der Waals surface area contributed by atoms with Crippen molar-refractivity contribution in [3.63, 3.8) is 0 Å². The second-order valence-corrected chi connectivity index (χ2v) is 5.47. The van der Waals surface area contributed by atoms with Crippen LogP contribution in [-0.2, 0) is 16.1 Å². The number of carbonyl (C=O) groups excluding carboxylic acids is 1. The fourth-order valence-corrected chi connectivity index (χ4v) is 2.39. The smallest absolute Gasteiger partial charge is 0.309 e. The molecule has 22 heavy (non-hydrogen) atoms. The van der Waals surface area contributed by atoms with Crippen molar-refractivity contribution in [2.75, 3.05) is 0 Å². The summed E-state index contributed by atoms with van der Waals surface area (Å²) >= 11 is 0. The largest absolute Gasteiger partial charge is 0.457 e. The van der Waals surface area contributed by atoms with Gasteiger partial charge in [-0.3, -0.25) is 4.79 Å². The number of allylic oxidation sites excluding steroid dienone is 2. The van der Waals surface area contributed by atoms with Gasteiger partial charge in [0.15, 0.2) is 6.61 Å². The lowest BCUT2D eigenvalue weighted by atomic mass is 9.95. The molecule has 0 aliphatic heterocycles. The van der Waals surface area contributed by atoms with Crippen molar-refractivity contribution < 1.29 is 14.1 Å². The van der Waals surface area contributed by atoms with Crippen LogP contribution in [0.25, 0.3) is 11.5 Å². The molecule has 0 radical (unpaired) electrons. The molecule has 0 bridgehead atoms. The van der Waals surface area contributed by atoms with Crippen molar-refractivity contribution in [1.29, 1.82) is 0 Å². The van der Waals surface area contributed by atoms with Crippen LogP contribution in [0.2, 0.25) is 0 Å². The van der Waals surface area contributed by atoms with Gasteiger partial charge in [-0.2, -0.15) is 4.98 Å². The highest BCUT2D eigenvalue weighted by Gasteiger charge is 2.21. The Labute approximate surface area is 129 Å². The summed E-state index contributed by atoms with van der Waals surface area (Å²) in [5, 5.41) is 3.85. The number of esters is 1. The molecule has 1 aliphatic rings. The van der Waals surface area contributed by atoms with Crippen LogP contribution in [0.1, 0.15) is 30.7 Å². The SMILES string of the molecule is Cc1ccc(-c2nc(COC(=O)[C@@H]3CC=CCC3)no2)cc1. The first kappa shape index (κ1) is 14.5. The van der Waals surface area contributed by atoms with Gasteiger partial charge in [-0.15, -0.1) is 0 Å². The van der Waals surface area contributed by atoms with E-state index in [4.69, 9.17) is 9.26 Å². The van der Waals surface area contributed by atoms with Crippen LogP contribution >= 0.6 is 0 Å². The third-order valence-electron chi connectivity index (χ3n) is 3.71. The average molecular weight is 298 g/mol. The van der Waals surface area contributed by atoms with Crippen molar-refractivity contribution in [1.82, 2.24) is 10.1 Å². The van der Waals surface area contributed by atoms with E-state index in [-0.39, 0.29) is 18.5 Å². The summed E-state index contributed by atoms with van der Waals surface area (Å²) in [6.07, 6.45) is 6.64. The Kier molecular flexibility index (Phi) is 4.32. The molecule has 114 valence electrons. The van der Waals surface area contributed by atoms with Gasteiger partial charge in [0.25, 0.3) is 5.89 Å². The fraction of sp³-hybridized carbons (Fsp3) is 0.353. The molecule has 0 amide bonds. The first-order valence-corrected chi connectivity index (χ1v) is 7.43. The second-order valence-electron chi connectivity index (χ2n) is 5.47. The van der Waals surface area contributed by atoms with E-state index in [0.717, 1.165) is 24.8 Å². The maximum atomic E-state index is 11.9. The molecule has 0 fully saturated rings. The minimum absolute atomic E-state index is 0.0477. The molecule has 2 aromatic rings. The van der Waals surface area contributed by atoms with Crippen molar-refractivity contribution >= 4 is 5.97 Å². The van der Waals surface area contributed by atoms with Gasteiger partial charge in [0.05, 0.1) is 5.92 Å². The first-order valence-electron chi connectivity index (χ1n) is 7.43. The Balaban J connectivity index is 1.58. The molecule has 1 atom stereocenters.